The van der Waals surface area contributed by atoms with E-state index in [9.17, 15) is 10.1 Å². The Hall–Kier alpha value is -2.13. The van der Waals surface area contributed by atoms with E-state index >= 15 is 0 Å². The van der Waals surface area contributed by atoms with E-state index in [1.54, 1.807) is 12.3 Å². The lowest BCUT2D eigenvalue weighted by molar-refractivity contribution is -0.138. The van der Waals surface area contributed by atoms with Gasteiger partial charge in [0.1, 0.15) is 11.9 Å². The summed E-state index contributed by atoms with van der Waals surface area (Å²) in [6, 6.07) is 6.34. The van der Waals surface area contributed by atoms with Crippen molar-refractivity contribution in [2.75, 3.05) is 44.2 Å². The zero-order valence-corrected chi connectivity index (χ0v) is 16.0. The third kappa shape index (κ3) is 3.93. The van der Waals surface area contributed by atoms with E-state index in [0.29, 0.717) is 24.1 Å². The Labute approximate surface area is 161 Å². The minimum Gasteiger partial charge on any atom is -0.353 e. The average Bonchev–Trinajstić information content (AvgIpc) is 2.74. The standard InChI is InChI=1S/C21H29N5O/c22-15-18-6-3-9-23-21(18)25-13-11-24(12-14-25)16-20(27)26-10-4-7-17-5-1-2-8-19(17)26/h3,6,9,17,19H,1-2,4-5,7-8,10-14,16H2. The SMILES string of the molecule is N#Cc1cccnc1N1CCN(CC(=O)N2CCCC3CCCCC32)CC1. The number of likely N-dealkylation sites (tertiary alicyclic amines) is 1. The van der Waals surface area contributed by atoms with Crippen LogP contribution in [0, 0.1) is 17.2 Å². The zero-order chi connectivity index (χ0) is 18.6. The number of hydrogen-bond acceptors (Lipinski definition) is 5. The summed E-state index contributed by atoms with van der Waals surface area (Å²) >= 11 is 0. The van der Waals surface area contributed by atoms with Crippen LogP contribution in [0.15, 0.2) is 18.3 Å². The molecule has 0 bridgehead atoms. The van der Waals surface area contributed by atoms with Crippen LogP contribution in [-0.4, -0.2) is 66.0 Å². The fourth-order valence-electron chi connectivity index (χ4n) is 5.07. The number of piperazine rings is 1. The number of nitriles is 1. The number of fused-ring (bicyclic) bond motifs is 1. The van der Waals surface area contributed by atoms with Crippen molar-refractivity contribution in [1.82, 2.24) is 14.8 Å². The minimum absolute atomic E-state index is 0.315. The van der Waals surface area contributed by atoms with Gasteiger partial charge in [0.05, 0.1) is 12.1 Å². The number of rotatable bonds is 3. The molecule has 2 atom stereocenters. The van der Waals surface area contributed by atoms with Crippen LogP contribution >= 0.6 is 0 Å². The molecule has 1 aliphatic carbocycles. The van der Waals surface area contributed by atoms with Crippen LogP contribution < -0.4 is 4.90 Å². The Morgan fingerprint density at radius 1 is 1.11 bits per heavy atom. The van der Waals surface area contributed by atoms with Gasteiger partial charge in [-0.25, -0.2) is 4.98 Å². The van der Waals surface area contributed by atoms with Crippen molar-refractivity contribution in [3.63, 3.8) is 0 Å². The first-order valence-corrected chi connectivity index (χ1v) is 10.4. The molecule has 2 aliphatic heterocycles. The van der Waals surface area contributed by atoms with Crippen LogP contribution in [0.3, 0.4) is 0 Å². The number of aromatic nitrogens is 1. The fourth-order valence-corrected chi connectivity index (χ4v) is 5.07. The third-order valence-electron chi connectivity index (χ3n) is 6.50. The zero-order valence-electron chi connectivity index (χ0n) is 16.0. The third-order valence-corrected chi connectivity index (χ3v) is 6.50. The van der Waals surface area contributed by atoms with Crippen molar-refractivity contribution >= 4 is 11.7 Å². The molecule has 6 heteroatoms. The molecule has 2 unspecified atom stereocenters. The Balaban J connectivity index is 1.32. The summed E-state index contributed by atoms with van der Waals surface area (Å²) in [5.41, 5.74) is 0.624. The Bertz CT molecular complexity index is 705. The normalized spacial score (nSPS) is 26.3. The number of carbonyl (C=O) groups is 1. The average molecular weight is 367 g/mol. The van der Waals surface area contributed by atoms with Crippen molar-refractivity contribution in [2.24, 2.45) is 5.92 Å². The van der Waals surface area contributed by atoms with Gasteiger partial charge in [0.15, 0.2) is 0 Å². The van der Waals surface area contributed by atoms with Gasteiger partial charge < -0.3 is 9.80 Å². The molecule has 27 heavy (non-hydrogen) atoms. The molecule has 4 rings (SSSR count). The molecule has 1 saturated carbocycles. The molecule has 3 heterocycles. The highest BCUT2D eigenvalue weighted by molar-refractivity contribution is 5.78. The highest BCUT2D eigenvalue weighted by atomic mass is 16.2. The molecule has 0 spiro atoms. The van der Waals surface area contributed by atoms with Gasteiger partial charge in [-0.3, -0.25) is 9.69 Å². The fraction of sp³-hybridized carbons (Fsp3) is 0.667. The Morgan fingerprint density at radius 3 is 2.70 bits per heavy atom. The van der Waals surface area contributed by atoms with Gasteiger partial charge in [-0.2, -0.15) is 5.26 Å². The van der Waals surface area contributed by atoms with Crippen molar-refractivity contribution < 1.29 is 4.79 Å². The van der Waals surface area contributed by atoms with Crippen molar-refractivity contribution in [1.29, 1.82) is 5.26 Å². The molecule has 1 aromatic rings. The maximum atomic E-state index is 13.0. The lowest BCUT2D eigenvalue weighted by atomic mass is 9.78. The van der Waals surface area contributed by atoms with Gasteiger partial charge in [-0.15, -0.1) is 0 Å². The largest absolute Gasteiger partial charge is 0.353 e. The van der Waals surface area contributed by atoms with E-state index in [-0.39, 0.29) is 0 Å². The molecular formula is C21H29N5O. The Kier molecular flexibility index (Phi) is 5.58. The summed E-state index contributed by atoms with van der Waals surface area (Å²) < 4.78 is 0. The second kappa shape index (κ2) is 8.26. The second-order valence-corrected chi connectivity index (χ2v) is 8.09. The van der Waals surface area contributed by atoms with Crippen LogP contribution in [0.5, 0.6) is 0 Å². The number of amides is 1. The topological polar surface area (TPSA) is 63.5 Å². The van der Waals surface area contributed by atoms with Crippen LogP contribution in [0.4, 0.5) is 5.82 Å². The molecule has 3 aliphatic rings. The molecular weight excluding hydrogens is 338 g/mol. The molecule has 0 N–H and O–H groups in total. The number of piperidine rings is 1. The quantitative estimate of drug-likeness (QED) is 0.820. The molecule has 2 saturated heterocycles. The van der Waals surface area contributed by atoms with Crippen LogP contribution in [0.25, 0.3) is 0 Å². The van der Waals surface area contributed by atoms with Gasteiger partial charge in [0.25, 0.3) is 0 Å². The number of carbonyl (C=O) groups excluding carboxylic acids is 1. The van der Waals surface area contributed by atoms with Gasteiger partial charge in [-0.05, 0) is 43.7 Å². The molecule has 1 aromatic heterocycles. The highest BCUT2D eigenvalue weighted by Crippen LogP contribution is 2.35. The molecule has 0 radical (unpaired) electrons. The molecule has 1 amide bonds. The van der Waals surface area contributed by atoms with Gasteiger partial charge in [0.2, 0.25) is 5.91 Å². The number of anilines is 1. The predicted octanol–water partition coefficient (Wildman–Crippen LogP) is 2.26. The van der Waals surface area contributed by atoms with E-state index in [1.807, 2.05) is 6.07 Å². The number of hydrogen-bond donors (Lipinski definition) is 0. The smallest absolute Gasteiger partial charge is 0.237 e. The first-order chi connectivity index (χ1) is 13.3. The summed E-state index contributed by atoms with van der Waals surface area (Å²) in [4.78, 5) is 24.0. The van der Waals surface area contributed by atoms with Crippen LogP contribution in [0.2, 0.25) is 0 Å². The maximum absolute atomic E-state index is 13.0. The first kappa shape index (κ1) is 18.2. The van der Waals surface area contributed by atoms with Crippen molar-refractivity contribution in [2.45, 2.75) is 44.6 Å². The Morgan fingerprint density at radius 2 is 1.89 bits per heavy atom. The summed E-state index contributed by atoms with van der Waals surface area (Å²) in [6.45, 7) is 4.78. The summed E-state index contributed by atoms with van der Waals surface area (Å²) in [5.74, 6) is 1.82. The summed E-state index contributed by atoms with van der Waals surface area (Å²) in [5, 5.41) is 9.28. The molecule has 3 fully saturated rings. The monoisotopic (exact) mass is 367 g/mol. The first-order valence-electron chi connectivity index (χ1n) is 10.4. The summed E-state index contributed by atoms with van der Waals surface area (Å²) in [7, 11) is 0. The second-order valence-electron chi connectivity index (χ2n) is 8.09. The van der Waals surface area contributed by atoms with E-state index in [1.165, 1.54) is 32.1 Å². The van der Waals surface area contributed by atoms with E-state index < -0.39 is 0 Å². The van der Waals surface area contributed by atoms with Gasteiger partial charge >= 0.3 is 0 Å². The number of nitrogens with zero attached hydrogens (tertiary/aromatic N) is 5. The van der Waals surface area contributed by atoms with Crippen LogP contribution in [-0.2, 0) is 4.79 Å². The summed E-state index contributed by atoms with van der Waals surface area (Å²) in [6.07, 6.45) is 9.32. The molecule has 144 valence electrons. The van der Waals surface area contributed by atoms with Gasteiger partial charge in [-0.1, -0.05) is 12.8 Å². The van der Waals surface area contributed by atoms with E-state index in [2.05, 4.69) is 25.8 Å². The predicted molar refractivity (Wildman–Crippen MR) is 104 cm³/mol. The van der Waals surface area contributed by atoms with E-state index in [0.717, 1.165) is 50.9 Å². The van der Waals surface area contributed by atoms with Crippen molar-refractivity contribution in [3.8, 4) is 6.07 Å². The molecule has 6 nitrogen and oxygen atoms in total. The number of pyridine rings is 1. The van der Waals surface area contributed by atoms with Gasteiger partial charge in [0, 0.05) is 45.0 Å². The lowest BCUT2D eigenvalue weighted by Gasteiger charge is -2.45. The molecule has 0 aromatic carbocycles. The maximum Gasteiger partial charge on any atom is 0.237 e. The van der Waals surface area contributed by atoms with E-state index in [4.69, 9.17) is 0 Å². The minimum atomic E-state index is 0.315. The van der Waals surface area contributed by atoms with Crippen LogP contribution in [0.1, 0.15) is 44.1 Å². The van der Waals surface area contributed by atoms with Crippen molar-refractivity contribution in [3.05, 3.63) is 23.9 Å². The highest BCUT2D eigenvalue weighted by Gasteiger charge is 2.36. The lowest BCUT2D eigenvalue weighted by Crippen LogP contribution is -2.55.